The van der Waals surface area contributed by atoms with E-state index in [1.165, 1.54) is 0 Å². The van der Waals surface area contributed by atoms with Gasteiger partial charge in [-0.3, -0.25) is 4.79 Å². The molecule has 5 nitrogen and oxygen atoms in total. The van der Waals surface area contributed by atoms with Gasteiger partial charge in [0.2, 0.25) is 0 Å². The van der Waals surface area contributed by atoms with Gasteiger partial charge in [0.15, 0.2) is 9.84 Å². The molecule has 0 spiro atoms. The van der Waals surface area contributed by atoms with Gasteiger partial charge < -0.3 is 11.1 Å². The molecule has 0 aromatic heterocycles. The molecule has 144 valence electrons. The average Bonchev–Trinajstić information content (AvgIpc) is 3.09. The Bertz CT molecular complexity index is 890. The maximum atomic E-state index is 12.5. The van der Waals surface area contributed by atoms with E-state index in [0.717, 1.165) is 24.8 Å². The number of rotatable bonds is 6. The molecular weight excluding hydrogens is 360 g/mol. The molecule has 3 N–H and O–H groups in total. The largest absolute Gasteiger partial charge is 0.349 e. The van der Waals surface area contributed by atoms with E-state index in [1.807, 2.05) is 6.92 Å². The second kappa shape index (κ2) is 8.23. The summed E-state index contributed by atoms with van der Waals surface area (Å²) < 4.78 is 25.1. The summed E-state index contributed by atoms with van der Waals surface area (Å²) in [6, 6.07) is 13.7. The smallest absolute Gasteiger partial charge is 0.251 e. The van der Waals surface area contributed by atoms with Crippen LogP contribution in [-0.4, -0.2) is 26.9 Å². The van der Waals surface area contributed by atoms with E-state index in [0.29, 0.717) is 28.5 Å². The Morgan fingerprint density at radius 1 is 1.07 bits per heavy atom. The van der Waals surface area contributed by atoms with E-state index < -0.39 is 9.84 Å². The molecule has 0 heterocycles. The molecule has 3 rings (SSSR count). The highest BCUT2D eigenvalue weighted by Gasteiger charge is 2.27. The molecule has 0 aliphatic heterocycles. The predicted molar refractivity (Wildman–Crippen MR) is 106 cm³/mol. The molecule has 1 amide bonds. The molecule has 2 aromatic carbocycles. The number of carbonyl (C=O) groups is 1. The van der Waals surface area contributed by atoms with Crippen LogP contribution in [0.3, 0.4) is 0 Å². The monoisotopic (exact) mass is 386 g/mol. The van der Waals surface area contributed by atoms with Gasteiger partial charge in [-0.25, -0.2) is 8.42 Å². The highest BCUT2D eigenvalue weighted by molar-refractivity contribution is 7.90. The molecule has 6 heteroatoms. The Hall–Kier alpha value is -2.18. The summed E-state index contributed by atoms with van der Waals surface area (Å²) in [5, 5.41) is 3.06. The van der Waals surface area contributed by atoms with Crippen molar-refractivity contribution in [1.82, 2.24) is 5.32 Å². The zero-order valence-electron chi connectivity index (χ0n) is 15.5. The lowest BCUT2D eigenvalue weighted by molar-refractivity contribution is 0.0929. The summed E-state index contributed by atoms with van der Waals surface area (Å²) in [5.41, 5.74) is 7.98. The maximum absolute atomic E-state index is 12.5. The Morgan fingerprint density at radius 3 is 2.37 bits per heavy atom. The first-order valence-corrected chi connectivity index (χ1v) is 10.9. The van der Waals surface area contributed by atoms with Gasteiger partial charge in [-0.05, 0) is 62.1 Å². The van der Waals surface area contributed by atoms with Gasteiger partial charge in [0.05, 0.1) is 10.6 Å². The SMILES string of the molecule is Cc1ccc(S(=O)(=O)Cc2ccc(C(=O)NC3CCCC3CN)cc2)cc1. The van der Waals surface area contributed by atoms with Gasteiger partial charge in [-0.2, -0.15) is 0 Å². The lowest BCUT2D eigenvalue weighted by Gasteiger charge is -2.19. The molecule has 1 fully saturated rings. The van der Waals surface area contributed by atoms with Crippen molar-refractivity contribution in [2.45, 2.75) is 42.9 Å². The molecule has 2 unspecified atom stereocenters. The first kappa shape index (κ1) is 19.6. The van der Waals surface area contributed by atoms with Crippen molar-refractivity contribution in [2.24, 2.45) is 11.7 Å². The molecule has 2 aromatic rings. The van der Waals surface area contributed by atoms with Crippen LogP contribution in [-0.2, 0) is 15.6 Å². The molecule has 1 aliphatic rings. The Balaban J connectivity index is 1.66. The van der Waals surface area contributed by atoms with E-state index in [1.54, 1.807) is 48.5 Å². The molecule has 1 aliphatic carbocycles. The molecule has 2 atom stereocenters. The highest BCUT2D eigenvalue weighted by atomic mass is 32.2. The summed E-state index contributed by atoms with van der Waals surface area (Å²) in [6.45, 7) is 2.50. The van der Waals surface area contributed by atoms with Crippen molar-refractivity contribution >= 4 is 15.7 Å². The lowest BCUT2D eigenvalue weighted by Crippen LogP contribution is -2.39. The Morgan fingerprint density at radius 2 is 1.74 bits per heavy atom. The Kier molecular flexibility index (Phi) is 5.97. The third kappa shape index (κ3) is 4.76. The molecule has 0 bridgehead atoms. The normalized spacial score (nSPS) is 19.8. The van der Waals surface area contributed by atoms with Crippen LogP contribution in [0.5, 0.6) is 0 Å². The van der Waals surface area contributed by atoms with E-state index in [-0.39, 0.29) is 17.7 Å². The topological polar surface area (TPSA) is 89.3 Å². The first-order chi connectivity index (χ1) is 12.9. The third-order valence-corrected chi connectivity index (χ3v) is 6.94. The van der Waals surface area contributed by atoms with Gasteiger partial charge in [0, 0.05) is 11.6 Å². The number of sulfone groups is 1. The number of hydrogen-bond acceptors (Lipinski definition) is 4. The second-order valence-corrected chi connectivity index (χ2v) is 9.27. The minimum absolute atomic E-state index is 0.0875. The van der Waals surface area contributed by atoms with Crippen molar-refractivity contribution in [2.75, 3.05) is 6.54 Å². The summed E-state index contributed by atoms with van der Waals surface area (Å²) in [7, 11) is -3.41. The minimum Gasteiger partial charge on any atom is -0.349 e. The summed E-state index contributed by atoms with van der Waals surface area (Å²) in [6.07, 6.45) is 3.10. The first-order valence-electron chi connectivity index (χ1n) is 9.28. The van der Waals surface area contributed by atoms with E-state index >= 15 is 0 Å². The van der Waals surface area contributed by atoms with E-state index in [9.17, 15) is 13.2 Å². The number of carbonyl (C=O) groups excluding carboxylic acids is 1. The lowest BCUT2D eigenvalue weighted by atomic mass is 10.0. The summed E-state index contributed by atoms with van der Waals surface area (Å²) in [4.78, 5) is 12.8. The zero-order chi connectivity index (χ0) is 19.4. The number of hydrogen-bond donors (Lipinski definition) is 2. The third-order valence-electron chi connectivity index (χ3n) is 5.23. The maximum Gasteiger partial charge on any atom is 0.251 e. The van der Waals surface area contributed by atoms with E-state index in [4.69, 9.17) is 5.73 Å². The molecule has 0 saturated heterocycles. The van der Waals surface area contributed by atoms with Crippen LogP contribution in [0.25, 0.3) is 0 Å². The molecular formula is C21H26N2O3S. The highest BCUT2D eigenvalue weighted by Crippen LogP contribution is 2.25. The van der Waals surface area contributed by atoms with Crippen LogP contribution in [0.1, 0.15) is 40.7 Å². The molecule has 1 saturated carbocycles. The standard InChI is InChI=1S/C21H26N2O3S/c1-15-5-11-19(12-6-15)27(25,26)14-16-7-9-17(10-8-16)21(24)23-20-4-2-3-18(20)13-22/h5-12,18,20H,2-4,13-14,22H2,1H3,(H,23,24). The van der Waals surface area contributed by atoms with Crippen molar-refractivity contribution in [3.63, 3.8) is 0 Å². The van der Waals surface area contributed by atoms with Gasteiger partial charge in [-0.1, -0.05) is 36.2 Å². The average molecular weight is 387 g/mol. The number of benzene rings is 2. The van der Waals surface area contributed by atoms with Gasteiger partial charge in [0.1, 0.15) is 0 Å². The van der Waals surface area contributed by atoms with Gasteiger partial charge >= 0.3 is 0 Å². The number of amides is 1. The Labute approximate surface area is 160 Å². The molecule has 0 radical (unpaired) electrons. The predicted octanol–water partition coefficient (Wildman–Crippen LogP) is 2.83. The van der Waals surface area contributed by atoms with Crippen LogP contribution in [0.2, 0.25) is 0 Å². The fourth-order valence-electron chi connectivity index (χ4n) is 3.56. The van der Waals surface area contributed by atoms with Crippen molar-refractivity contribution in [3.8, 4) is 0 Å². The van der Waals surface area contributed by atoms with Gasteiger partial charge in [-0.15, -0.1) is 0 Å². The van der Waals surface area contributed by atoms with Crippen molar-refractivity contribution in [1.29, 1.82) is 0 Å². The van der Waals surface area contributed by atoms with Crippen molar-refractivity contribution < 1.29 is 13.2 Å². The second-order valence-electron chi connectivity index (χ2n) is 7.28. The van der Waals surface area contributed by atoms with Crippen LogP contribution in [0.15, 0.2) is 53.4 Å². The fourth-order valence-corrected chi connectivity index (χ4v) is 4.91. The summed E-state index contributed by atoms with van der Waals surface area (Å²) >= 11 is 0. The number of nitrogens with two attached hydrogens (primary N) is 1. The minimum atomic E-state index is -3.41. The summed E-state index contributed by atoms with van der Waals surface area (Å²) in [5.74, 6) is 0.122. The fraction of sp³-hybridized carbons (Fsp3) is 0.381. The quantitative estimate of drug-likeness (QED) is 0.799. The van der Waals surface area contributed by atoms with Gasteiger partial charge in [0.25, 0.3) is 5.91 Å². The van der Waals surface area contributed by atoms with Crippen LogP contribution in [0.4, 0.5) is 0 Å². The van der Waals surface area contributed by atoms with Crippen LogP contribution < -0.4 is 11.1 Å². The zero-order valence-corrected chi connectivity index (χ0v) is 16.3. The van der Waals surface area contributed by atoms with Crippen LogP contribution in [0, 0.1) is 12.8 Å². The number of aryl methyl sites for hydroxylation is 1. The molecule has 27 heavy (non-hydrogen) atoms. The number of nitrogens with one attached hydrogen (secondary N) is 1. The van der Waals surface area contributed by atoms with Crippen LogP contribution >= 0.6 is 0 Å². The van der Waals surface area contributed by atoms with E-state index in [2.05, 4.69) is 5.32 Å². The van der Waals surface area contributed by atoms with Crippen molar-refractivity contribution in [3.05, 3.63) is 65.2 Å².